The molecule has 0 bridgehead atoms. The third-order valence-electron chi connectivity index (χ3n) is 5.50. The van der Waals surface area contributed by atoms with Crippen molar-refractivity contribution in [3.05, 3.63) is 40.1 Å². The Bertz CT molecular complexity index is 1030. The van der Waals surface area contributed by atoms with E-state index in [-0.39, 0.29) is 44.4 Å². The van der Waals surface area contributed by atoms with Gasteiger partial charge in [-0.15, -0.1) is 0 Å². The van der Waals surface area contributed by atoms with E-state index >= 15 is 0 Å². The molecule has 4 rings (SSSR count). The first-order valence-electron chi connectivity index (χ1n) is 10.0. The standard InChI is InChI=1S/C21H19Cl2F2N3O4/c22-12-8-26-9-13(23)16(12)28-19(29)11-6-7-14(31-21(24)25)18-15(11)27-20(30)17(32-18)10-4-2-1-3-5-10/h6-10,17,21H,1-5H2,(H,27,30)(H,26,28,29). The number of aromatic nitrogens is 1. The molecule has 0 radical (unpaired) electrons. The molecule has 1 aromatic heterocycles. The molecule has 11 heteroatoms. The van der Waals surface area contributed by atoms with E-state index in [1.165, 1.54) is 24.5 Å². The van der Waals surface area contributed by atoms with E-state index in [9.17, 15) is 18.4 Å². The van der Waals surface area contributed by atoms with Crippen molar-refractivity contribution in [2.24, 2.45) is 5.92 Å². The van der Waals surface area contributed by atoms with Crippen molar-refractivity contribution in [3.63, 3.8) is 0 Å². The number of carbonyl (C=O) groups is 2. The van der Waals surface area contributed by atoms with Crippen molar-refractivity contribution in [2.75, 3.05) is 10.6 Å². The maximum atomic E-state index is 13.0. The molecular formula is C21H19Cl2F2N3O4. The van der Waals surface area contributed by atoms with Gasteiger partial charge in [0.2, 0.25) is 0 Å². The topological polar surface area (TPSA) is 89.5 Å². The van der Waals surface area contributed by atoms with Crippen molar-refractivity contribution in [3.8, 4) is 11.5 Å². The van der Waals surface area contributed by atoms with Crippen LogP contribution in [0.15, 0.2) is 24.5 Å². The van der Waals surface area contributed by atoms with Crippen LogP contribution in [-0.2, 0) is 4.79 Å². The van der Waals surface area contributed by atoms with Crippen molar-refractivity contribution < 1.29 is 27.8 Å². The molecule has 2 amide bonds. The number of fused-ring (bicyclic) bond motifs is 1. The summed E-state index contributed by atoms with van der Waals surface area (Å²) in [5, 5.41) is 5.43. The van der Waals surface area contributed by atoms with Gasteiger partial charge >= 0.3 is 6.61 Å². The molecule has 1 atom stereocenters. The quantitative estimate of drug-likeness (QED) is 0.581. The number of halogens is 4. The number of hydrogen-bond acceptors (Lipinski definition) is 5. The van der Waals surface area contributed by atoms with Crippen LogP contribution in [0.25, 0.3) is 0 Å². The predicted octanol–water partition coefficient (Wildman–Crippen LogP) is 5.52. The molecule has 0 spiro atoms. The maximum Gasteiger partial charge on any atom is 0.387 e. The van der Waals surface area contributed by atoms with Crippen LogP contribution in [0, 0.1) is 5.92 Å². The van der Waals surface area contributed by atoms with Crippen LogP contribution < -0.4 is 20.1 Å². The Labute approximate surface area is 192 Å². The van der Waals surface area contributed by atoms with E-state index in [0.717, 1.165) is 32.1 Å². The summed E-state index contributed by atoms with van der Waals surface area (Å²) in [6.45, 7) is -3.11. The SMILES string of the molecule is O=C(Nc1c(Cl)cncc1Cl)c1ccc(OC(F)F)c2c1NC(=O)C(C1CCCCC1)O2. The lowest BCUT2D eigenvalue weighted by atomic mass is 9.84. The zero-order valence-corrected chi connectivity index (χ0v) is 18.2. The fraction of sp³-hybridized carbons (Fsp3) is 0.381. The maximum absolute atomic E-state index is 13.0. The minimum absolute atomic E-state index is 0.0268. The first-order chi connectivity index (χ1) is 15.3. The van der Waals surface area contributed by atoms with Crippen molar-refractivity contribution in [1.29, 1.82) is 0 Å². The second-order valence-corrected chi connectivity index (χ2v) is 8.37. The number of ether oxygens (including phenoxy) is 2. The van der Waals surface area contributed by atoms with Crippen LogP contribution in [0.1, 0.15) is 42.5 Å². The van der Waals surface area contributed by atoms with Crippen LogP contribution in [0.3, 0.4) is 0 Å². The van der Waals surface area contributed by atoms with Crippen LogP contribution in [0.2, 0.25) is 10.0 Å². The fourth-order valence-corrected chi connectivity index (χ4v) is 4.48. The second kappa shape index (κ2) is 9.46. The summed E-state index contributed by atoms with van der Waals surface area (Å²) >= 11 is 12.1. The highest BCUT2D eigenvalue weighted by Crippen LogP contribution is 2.44. The van der Waals surface area contributed by atoms with Crippen molar-refractivity contribution in [1.82, 2.24) is 4.98 Å². The molecule has 2 heterocycles. The van der Waals surface area contributed by atoms with Crippen LogP contribution >= 0.6 is 23.2 Å². The summed E-state index contributed by atoms with van der Waals surface area (Å²) in [4.78, 5) is 29.6. The number of amides is 2. The third-order valence-corrected chi connectivity index (χ3v) is 6.08. The number of benzene rings is 1. The third kappa shape index (κ3) is 4.59. The Kier molecular flexibility index (Phi) is 6.66. The van der Waals surface area contributed by atoms with Gasteiger partial charge in [-0.25, -0.2) is 0 Å². The van der Waals surface area contributed by atoms with Gasteiger partial charge < -0.3 is 20.1 Å². The molecule has 1 saturated carbocycles. The number of alkyl halides is 2. The van der Waals surface area contributed by atoms with E-state index in [4.69, 9.17) is 27.9 Å². The van der Waals surface area contributed by atoms with Gasteiger partial charge in [0, 0.05) is 18.3 Å². The molecule has 0 saturated heterocycles. The summed E-state index contributed by atoms with van der Waals surface area (Å²) in [6.07, 6.45) is 6.32. The smallest absolute Gasteiger partial charge is 0.387 e. The van der Waals surface area contributed by atoms with Crippen LogP contribution in [-0.4, -0.2) is 29.5 Å². The van der Waals surface area contributed by atoms with Crippen LogP contribution in [0.5, 0.6) is 11.5 Å². The van der Waals surface area contributed by atoms with E-state index < -0.39 is 24.5 Å². The monoisotopic (exact) mass is 485 g/mol. The van der Waals surface area contributed by atoms with Gasteiger partial charge in [0.05, 0.1) is 21.3 Å². The number of carbonyl (C=O) groups excluding carboxylic acids is 2. The van der Waals surface area contributed by atoms with Gasteiger partial charge in [-0.1, -0.05) is 42.5 Å². The first kappa shape index (κ1) is 22.5. The van der Waals surface area contributed by atoms with Gasteiger partial charge in [0.15, 0.2) is 17.6 Å². The number of nitrogens with one attached hydrogen (secondary N) is 2. The second-order valence-electron chi connectivity index (χ2n) is 7.55. The van der Waals surface area contributed by atoms with Gasteiger partial charge in [-0.05, 0) is 25.0 Å². The van der Waals surface area contributed by atoms with Crippen molar-refractivity contribution >= 4 is 46.4 Å². The van der Waals surface area contributed by atoms with E-state index in [1.54, 1.807) is 0 Å². The number of rotatable bonds is 5. The fourth-order valence-electron chi connectivity index (χ4n) is 4.02. The summed E-state index contributed by atoms with van der Waals surface area (Å²) in [7, 11) is 0. The number of pyridine rings is 1. The Hall–Kier alpha value is -2.65. The summed E-state index contributed by atoms with van der Waals surface area (Å²) in [5.41, 5.74) is 0.0399. The lowest BCUT2D eigenvalue weighted by Gasteiger charge is -2.34. The molecule has 32 heavy (non-hydrogen) atoms. The average Bonchev–Trinajstić information content (AvgIpc) is 2.76. The summed E-state index contributed by atoms with van der Waals surface area (Å²) < 4.78 is 36.4. The normalized spacial score (nSPS) is 18.5. The minimum atomic E-state index is -3.11. The number of nitrogens with zero attached hydrogens (tertiary/aromatic N) is 1. The van der Waals surface area contributed by atoms with Gasteiger partial charge in [0.25, 0.3) is 11.8 Å². The molecule has 1 unspecified atom stereocenters. The van der Waals surface area contributed by atoms with E-state index in [0.29, 0.717) is 0 Å². The molecule has 1 aromatic carbocycles. The molecule has 7 nitrogen and oxygen atoms in total. The minimum Gasteiger partial charge on any atom is -0.474 e. The van der Waals surface area contributed by atoms with E-state index in [2.05, 4.69) is 20.4 Å². The lowest BCUT2D eigenvalue weighted by molar-refractivity contribution is -0.126. The van der Waals surface area contributed by atoms with Crippen LogP contribution in [0.4, 0.5) is 20.2 Å². The number of anilines is 2. The lowest BCUT2D eigenvalue weighted by Crippen LogP contribution is -2.43. The molecule has 1 aliphatic heterocycles. The number of hydrogen-bond donors (Lipinski definition) is 2. The zero-order chi connectivity index (χ0) is 22.8. The van der Waals surface area contributed by atoms with E-state index in [1.807, 2.05) is 0 Å². The molecule has 170 valence electrons. The zero-order valence-electron chi connectivity index (χ0n) is 16.7. The Morgan fingerprint density at radius 3 is 2.53 bits per heavy atom. The average molecular weight is 486 g/mol. The summed E-state index contributed by atoms with van der Waals surface area (Å²) in [6, 6.07) is 2.45. The highest BCUT2D eigenvalue weighted by atomic mass is 35.5. The first-order valence-corrected chi connectivity index (χ1v) is 10.8. The Morgan fingerprint density at radius 1 is 1.19 bits per heavy atom. The predicted molar refractivity (Wildman–Crippen MR) is 115 cm³/mol. The van der Waals surface area contributed by atoms with Gasteiger partial charge in [-0.2, -0.15) is 8.78 Å². The van der Waals surface area contributed by atoms with Gasteiger partial charge in [0.1, 0.15) is 5.69 Å². The largest absolute Gasteiger partial charge is 0.474 e. The molecule has 2 aromatic rings. The Balaban J connectivity index is 1.69. The van der Waals surface area contributed by atoms with Crippen molar-refractivity contribution in [2.45, 2.75) is 44.8 Å². The molecular weight excluding hydrogens is 467 g/mol. The molecule has 1 aliphatic carbocycles. The molecule has 1 fully saturated rings. The molecule has 2 N–H and O–H groups in total. The highest BCUT2D eigenvalue weighted by molar-refractivity contribution is 6.39. The summed E-state index contributed by atoms with van der Waals surface area (Å²) in [5.74, 6) is -1.55. The Morgan fingerprint density at radius 2 is 1.88 bits per heavy atom. The molecule has 2 aliphatic rings. The van der Waals surface area contributed by atoms with Gasteiger partial charge in [-0.3, -0.25) is 14.6 Å². The highest BCUT2D eigenvalue weighted by Gasteiger charge is 2.38.